The van der Waals surface area contributed by atoms with E-state index in [0.717, 1.165) is 22.6 Å². The Bertz CT molecular complexity index is 1510. The summed E-state index contributed by atoms with van der Waals surface area (Å²) in [6, 6.07) is 22.7. The largest absolute Gasteiger partial charge is 0.491 e. The molecule has 44 heavy (non-hydrogen) atoms. The minimum absolute atomic E-state index is 0.0145. The zero-order valence-corrected chi connectivity index (χ0v) is 26.2. The first-order valence-electron chi connectivity index (χ1n) is 14.0. The molecule has 0 aliphatic carbocycles. The number of nitrogens with zero attached hydrogens (tertiary/aromatic N) is 2. The Hall–Kier alpha value is -4.21. The van der Waals surface area contributed by atoms with E-state index < -0.39 is 21.8 Å². The lowest BCUT2D eigenvalue weighted by Gasteiger charge is -2.24. The van der Waals surface area contributed by atoms with Crippen LogP contribution in [-0.2, 0) is 28.5 Å². The molecule has 0 aromatic heterocycles. The smallest absolute Gasteiger partial charge is 0.414 e. The van der Waals surface area contributed by atoms with E-state index in [1.165, 1.54) is 29.2 Å². The number of carbonyl (C=O) groups is 1. The van der Waals surface area contributed by atoms with E-state index in [0.29, 0.717) is 25.4 Å². The van der Waals surface area contributed by atoms with Gasteiger partial charge in [-0.1, -0.05) is 36.4 Å². The summed E-state index contributed by atoms with van der Waals surface area (Å²) < 4.78 is 51.2. The van der Waals surface area contributed by atoms with Gasteiger partial charge < -0.3 is 18.9 Å². The van der Waals surface area contributed by atoms with E-state index in [1.807, 2.05) is 87.5 Å². The van der Waals surface area contributed by atoms with E-state index >= 15 is 0 Å². The van der Waals surface area contributed by atoms with Gasteiger partial charge in [0.2, 0.25) is 0 Å². The third kappa shape index (κ3) is 11.8. The molecule has 0 aliphatic rings. The van der Waals surface area contributed by atoms with Gasteiger partial charge >= 0.3 is 6.09 Å². The highest BCUT2D eigenvalue weighted by Crippen LogP contribution is 2.20. The number of carbonyl (C=O) groups excluding carboxylic acids is 1. The first kappa shape index (κ1) is 34.3. The number of ether oxygens (including phenoxy) is 4. The average molecular weight is 623 g/mol. The Kier molecular flexibility index (Phi) is 12.9. The van der Waals surface area contributed by atoms with Gasteiger partial charge in [-0.25, -0.2) is 4.79 Å². The van der Waals surface area contributed by atoms with Gasteiger partial charge in [0.05, 0.1) is 49.6 Å². The van der Waals surface area contributed by atoms with Crippen LogP contribution in [0.5, 0.6) is 5.75 Å². The zero-order chi connectivity index (χ0) is 32.0. The molecular weight excluding hydrogens is 584 g/mol. The molecule has 3 aromatic rings. The summed E-state index contributed by atoms with van der Waals surface area (Å²) in [4.78, 5) is 13.7. The lowest BCUT2D eigenvalue weighted by atomic mass is 10.1. The predicted octanol–water partition coefficient (Wildman–Crippen LogP) is 5.92. The maximum absolute atomic E-state index is 12.3. The van der Waals surface area contributed by atoms with Crippen molar-refractivity contribution in [1.82, 2.24) is 0 Å². The molecule has 0 spiro atoms. The Balaban J connectivity index is 1.27. The summed E-state index contributed by atoms with van der Waals surface area (Å²) in [5.41, 5.74) is 2.56. The van der Waals surface area contributed by atoms with Crippen LogP contribution in [-0.4, -0.2) is 66.8 Å². The highest BCUT2D eigenvalue weighted by Gasteiger charge is 2.20. The Morgan fingerprint density at radius 3 is 1.86 bits per heavy atom. The van der Waals surface area contributed by atoms with Gasteiger partial charge in [-0.3, -0.25) is 9.08 Å². The van der Waals surface area contributed by atoms with Crippen LogP contribution in [0.15, 0.2) is 77.7 Å². The second-order valence-electron chi connectivity index (χ2n) is 10.5. The van der Waals surface area contributed by atoms with Gasteiger partial charge in [0.25, 0.3) is 10.1 Å². The SMILES string of the molecule is CN(C(=O)OC(C)(C)C)c1ccc(C=Cc2ccc(OCCOCCOCCOS(=O)(=O)c3ccc(C#N)cc3)cc2)cc1. The van der Waals surface area contributed by atoms with Crippen LogP contribution < -0.4 is 9.64 Å². The minimum Gasteiger partial charge on any atom is -0.491 e. The molecule has 11 heteroatoms. The third-order valence-corrected chi connectivity index (χ3v) is 7.23. The number of benzene rings is 3. The van der Waals surface area contributed by atoms with Gasteiger partial charge in [-0.05, 0) is 80.4 Å². The van der Waals surface area contributed by atoms with E-state index in [4.69, 9.17) is 28.4 Å². The maximum atomic E-state index is 12.3. The van der Waals surface area contributed by atoms with E-state index in [2.05, 4.69) is 0 Å². The van der Waals surface area contributed by atoms with Crippen LogP contribution in [0.25, 0.3) is 12.2 Å². The van der Waals surface area contributed by atoms with Crippen molar-refractivity contribution >= 4 is 34.1 Å². The lowest BCUT2D eigenvalue weighted by molar-refractivity contribution is 0.0279. The standard InChI is InChI=1S/C33H38N2O8S/c1-33(2,3)43-32(36)35(4)29-13-7-26(8-14-29)5-6-27-9-15-30(16-10-27)41-23-21-39-19-20-40-22-24-42-44(37,38)31-17-11-28(25-34)12-18-31/h5-18H,19-24H2,1-4H3. The van der Waals surface area contributed by atoms with Crippen LogP contribution in [0.4, 0.5) is 10.5 Å². The number of nitriles is 1. The summed E-state index contributed by atoms with van der Waals surface area (Å²) in [5.74, 6) is 0.720. The molecular formula is C33H38N2O8S. The van der Waals surface area contributed by atoms with Crippen molar-refractivity contribution < 1.29 is 36.3 Å². The normalized spacial score (nSPS) is 11.7. The molecule has 1 amide bonds. The van der Waals surface area contributed by atoms with E-state index in [-0.39, 0.29) is 24.7 Å². The summed E-state index contributed by atoms with van der Waals surface area (Å²) in [6.45, 7) is 6.81. The summed E-state index contributed by atoms with van der Waals surface area (Å²) in [5, 5.41) is 8.80. The van der Waals surface area contributed by atoms with Gasteiger partial charge in [0, 0.05) is 12.7 Å². The molecule has 0 atom stereocenters. The number of anilines is 1. The molecule has 234 valence electrons. The van der Waals surface area contributed by atoms with Crippen molar-refractivity contribution in [2.45, 2.75) is 31.3 Å². The van der Waals surface area contributed by atoms with Crippen molar-refractivity contribution in [3.63, 3.8) is 0 Å². The Morgan fingerprint density at radius 1 is 0.795 bits per heavy atom. The molecule has 0 heterocycles. The number of amides is 1. The zero-order valence-electron chi connectivity index (χ0n) is 25.4. The van der Waals surface area contributed by atoms with Crippen LogP contribution in [0.3, 0.4) is 0 Å². The maximum Gasteiger partial charge on any atom is 0.414 e. The van der Waals surface area contributed by atoms with E-state index in [9.17, 15) is 13.2 Å². The first-order chi connectivity index (χ1) is 21.0. The molecule has 10 nitrogen and oxygen atoms in total. The van der Waals surface area contributed by atoms with Gasteiger partial charge in [-0.2, -0.15) is 13.7 Å². The van der Waals surface area contributed by atoms with Crippen molar-refractivity contribution in [3.05, 3.63) is 89.5 Å². The topological polar surface area (TPSA) is 124 Å². The van der Waals surface area contributed by atoms with Crippen molar-refractivity contribution in [2.75, 3.05) is 51.6 Å². The fourth-order valence-corrected chi connectivity index (χ4v) is 4.51. The molecule has 0 radical (unpaired) electrons. The number of hydrogen-bond donors (Lipinski definition) is 0. The van der Waals surface area contributed by atoms with Crippen molar-refractivity contribution in [1.29, 1.82) is 5.26 Å². The van der Waals surface area contributed by atoms with Crippen LogP contribution in [0, 0.1) is 11.3 Å². The van der Waals surface area contributed by atoms with E-state index in [1.54, 1.807) is 7.05 Å². The molecule has 0 fully saturated rings. The van der Waals surface area contributed by atoms with Gasteiger partial charge in [0.15, 0.2) is 0 Å². The van der Waals surface area contributed by atoms with Crippen LogP contribution >= 0.6 is 0 Å². The monoisotopic (exact) mass is 622 g/mol. The molecule has 0 bridgehead atoms. The number of hydrogen-bond acceptors (Lipinski definition) is 9. The molecule has 0 aliphatic heterocycles. The molecule has 0 saturated heterocycles. The second-order valence-corrected chi connectivity index (χ2v) is 12.1. The Morgan fingerprint density at radius 2 is 1.32 bits per heavy atom. The quantitative estimate of drug-likeness (QED) is 0.115. The van der Waals surface area contributed by atoms with Crippen LogP contribution in [0.2, 0.25) is 0 Å². The van der Waals surface area contributed by atoms with Crippen molar-refractivity contribution in [3.8, 4) is 11.8 Å². The first-order valence-corrected chi connectivity index (χ1v) is 15.4. The molecule has 0 N–H and O–H groups in total. The van der Waals surface area contributed by atoms with Gasteiger partial charge in [0.1, 0.15) is 18.0 Å². The Labute approximate surface area is 259 Å². The highest BCUT2D eigenvalue weighted by atomic mass is 32.2. The summed E-state index contributed by atoms with van der Waals surface area (Å²) in [6.07, 6.45) is 3.58. The molecule has 0 unspecified atom stereocenters. The highest BCUT2D eigenvalue weighted by molar-refractivity contribution is 7.86. The molecule has 3 rings (SSSR count). The number of rotatable bonds is 15. The molecule has 3 aromatic carbocycles. The third-order valence-electron chi connectivity index (χ3n) is 5.90. The second kappa shape index (κ2) is 16.6. The molecule has 0 saturated carbocycles. The summed E-state index contributed by atoms with van der Waals surface area (Å²) in [7, 11) is -2.22. The predicted molar refractivity (Wildman–Crippen MR) is 168 cm³/mol. The lowest BCUT2D eigenvalue weighted by Crippen LogP contribution is -2.34. The van der Waals surface area contributed by atoms with Crippen LogP contribution in [0.1, 0.15) is 37.5 Å². The van der Waals surface area contributed by atoms with Gasteiger partial charge in [-0.15, -0.1) is 0 Å². The summed E-state index contributed by atoms with van der Waals surface area (Å²) >= 11 is 0. The minimum atomic E-state index is -3.90. The van der Waals surface area contributed by atoms with Crippen molar-refractivity contribution in [2.24, 2.45) is 0 Å². The average Bonchev–Trinajstić information content (AvgIpc) is 3.00. The fourth-order valence-electron chi connectivity index (χ4n) is 3.62. The fraction of sp³-hybridized carbons (Fsp3) is 0.333.